The second-order valence-electron chi connectivity index (χ2n) is 2.72. The summed E-state index contributed by atoms with van der Waals surface area (Å²) in [5, 5.41) is 11.6. The van der Waals surface area contributed by atoms with Gasteiger partial charge >= 0.3 is 0 Å². The maximum absolute atomic E-state index is 8.64. The molecule has 0 spiro atoms. The summed E-state index contributed by atoms with van der Waals surface area (Å²) < 4.78 is 0. The lowest BCUT2D eigenvalue weighted by Crippen LogP contribution is -2.43. The predicted molar refractivity (Wildman–Crippen MR) is 37.9 cm³/mol. The highest BCUT2D eigenvalue weighted by molar-refractivity contribution is 5.04. The summed E-state index contributed by atoms with van der Waals surface area (Å²) in [6.45, 7) is 5.96. The molecule has 0 saturated heterocycles. The number of nitrogens with zero attached hydrogens (tertiary/aromatic N) is 1. The highest BCUT2D eigenvalue weighted by Gasteiger charge is 2.24. The van der Waals surface area contributed by atoms with Gasteiger partial charge in [0.2, 0.25) is 0 Å². The zero-order valence-corrected chi connectivity index (χ0v) is 6.52. The molecule has 2 nitrogen and oxygen atoms in total. The van der Waals surface area contributed by atoms with Crippen molar-refractivity contribution < 1.29 is 0 Å². The third-order valence-corrected chi connectivity index (χ3v) is 1.91. The van der Waals surface area contributed by atoms with Crippen molar-refractivity contribution in [1.82, 2.24) is 5.32 Å². The Balaban J connectivity index is 4.14. The van der Waals surface area contributed by atoms with E-state index in [4.69, 9.17) is 5.26 Å². The van der Waals surface area contributed by atoms with Gasteiger partial charge in [-0.1, -0.05) is 13.8 Å². The minimum Gasteiger partial charge on any atom is -0.302 e. The van der Waals surface area contributed by atoms with E-state index >= 15 is 0 Å². The fourth-order valence-electron chi connectivity index (χ4n) is 0.474. The van der Waals surface area contributed by atoms with Crippen molar-refractivity contribution in [2.45, 2.75) is 26.3 Å². The Morgan fingerprint density at radius 2 is 2.00 bits per heavy atom. The predicted octanol–water partition coefficient (Wildman–Crippen LogP) is 1.14. The molecule has 0 aromatic rings. The van der Waals surface area contributed by atoms with E-state index in [-0.39, 0.29) is 5.54 Å². The van der Waals surface area contributed by atoms with Gasteiger partial charge in [-0.15, -0.1) is 0 Å². The van der Waals surface area contributed by atoms with E-state index in [0.717, 1.165) is 0 Å². The fraction of sp³-hybridized carbons (Fsp3) is 0.857. The monoisotopic (exact) mass is 126 g/mol. The van der Waals surface area contributed by atoms with Crippen molar-refractivity contribution >= 4 is 0 Å². The quantitative estimate of drug-likeness (QED) is 0.602. The topological polar surface area (TPSA) is 35.8 Å². The number of nitrogens with one attached hydrogen (secondary N) is 1. The van der Waals surface area contributed by atoms with Gasteiger partial charge in [-0.2, -0.15) is 5.26 Å². The maximum atomic E-state index is 8.64. The minimum atomic E-state index is -0.361. The summed E-state index contributed by atoms with van der Waals surface area (Å²) in [7, 11) is 1.81. The van der Waals surface area contributed by atoms with Crippen LogP contribution in [0.15, 0.2) is 0 Å². The van der Waals surface area contributed by atoms with Gasteiger partial charge < -0.3 is 5.32 Å². The minimum absolute atomic E-state index is 0.354. The molecular weight excluding hydrogens is 112 g/mol. The molecule has 0 fully saturated rings. The first-order valence-electron chi connectivity index (χ1n) is 3.17. The second kappa shape index (κ2) is 2.84. The zero-order valence-electron chi connectivity index (χ0n) is 6.52. The second-order valence-corrected chi connectivity index (χ2v) is 2.72. The molecular formula is C7H14N2. The lowest BCUT2D eigenvalue weighted by Gasteiger charge is -2.24. The van der Waals surface area contributed by atoms with E-state index in [1.54, 1.807) is 0 Å². The van der Waals surface area contributed by atoms with E-state index in [9.17, 15) is 0 Å². The van der Waals surface area contributed by atoms with Gasteiger partial charge in [-0.3, -0.25) is 0 Å². The maximum Gasteiger partial charge on any atom is 0.105 e. The van der Waals surface area contributed by atoms with Crippen LogP contribution in [0.25, 0.3) is 0 Å². The van der Waals surface area contributed by atoms with Crippen LogP contribution < -0.4 is 5.32 Å². The summed E-state index contributed by atoms with van der Waals surface area (Å²) in [4.78, 5) is 0. The van der Waals surface area contributed by atoms with Crippen LogP contribution in [0.1, 0.15) is 20.8 Å². The third kappa shape index (κ3) is 1.69. The van der Waals surface area contributed by atoms with Gasteiger partial charge in [0.1, 0.15) is 5.54 Å². The molecule has 2 heteroatoms. The van der Waals surface area contributed by atoms with Crippen molar-refractivity contribution in [3.05, 3.63) is 0 Å². The molecule has 9 heavy (non-hydrogen) atoms. The Kier molecular flexibility index (Phi) is 2.66. The van der Waals surface area contributed by atoms with Crippen molar-refractivity contribution in [3.8, 4) is 6.07 Å². The first-order chi connectivity index (χ1) is 4.06. The standard InChI is InChI=1S/C7H14N2/c1-6(2)7(3,5-8)9-4/h6,9H,1-4H3. The smallest absolute Gasteiger partial charge is 0.105 e. The van der Waals surface area contributed by atoms with Crippen molar-refractivity contribution in [1.29, 1.82) is 5.26 Å². The third-order valence-electron chi connectivity index (χ3n) is 1.91. The van der Waals surface area contributed by atoms with Crippen molar-refractivity contribution in [2.24, 2.45) is 5.92 Å². The molecule has 0 aromatic heterocycles. The molecule has 0 aliphatic rings. The molecule has 1 unspecified atom stereocenters. The zero-order chi connectivity index (χ0) is 7.49. The molecule has 0 aliphatic heterocycles. The highest BCUT2D eigenvalue weighted by atomic mass is 14.9. The van der Waals surface area contributed by atoms with Crippen LogP contribution in [0, 0.1) is 17.2 Å². The van der Waals surface area contributed by atoms with Crippen LogP contribution in [0.5, 0.6) is 0 Å². The van der Waals surface area contributed by atoms with Gasteiger partial charge in [0.15, 0.2) is 0 Å². The van der Waals surface area contributed by atoms with Crippen molar-refractivity contribution in [2.75, 3.05) is 7.05 Å². The lowest BCUT2D eigenvalue weighted by molar-refractivity contribution is 0.363. The summed E-state index contributed by atoms with van der Waals surface area (Å²) in [6, 6.07) is 2.22. The first-order valence-corrected chi connectivity index (χ1v) is 3.17. The van der Waals surface area contributed by atoms with Gasteiger partial charge in [-0.25, -0.2) is 0 Å². The number of hydrogen-bond donors (Lipinski definition) is 1. The SMILES string of the molecule is CNC(C)(C#N)C(C)C. The molecule has 0 saturated carbocycles. The molecule has 0 aromatic carbocycles. The van der Waals surface area contributed by atoms with Crippen LogP contribution in [0.2, 0.25) is 0 Å². The van der Waals surface area contributed by atoms with Crippen LogP contribution in [0.4, 0.5) is 0 Å². The molecule has 1 N–H and O–H groups in total. The van der Waals surface area contributed by atoms with E-state index in [1.807, 2.05) is 27.8 Å². The normalized spacial score (nSPS) is 16.9. The average molecular weight is 126 g/mol. The highest BCUT2D eigenvalue weighted by Crippen LogP contribution is 2.13. The Labute approximate surface area is 56.9 Å². The first kappa shape index (κ1) is 8.45. The van der Waals surface area contributed by atoms with Crippen LogP contribution in [0.3, 0.4) is 0 Å². The average Bonchev–Trinajstić information content (AvgIpc) is 1.86. The van der Waals surface area contributed by atoms with Gasteiger partial charge in [0, 0.05) is 0 Å². The van der Waals surface area contributed by atoms with E-state index in [0.29, 0.717) is 5.92 Å². The van der Waals surface area contributed by atoms with Crippen LogP contribution in [-0.4, -0.2) is 12.6 Å². The van der Waals surface area contributed by atoms with Crippen molar-refractivity contribution in [3.63, 3.8) is 0 Å². The number of hydrogen-bond acceptors (Lipinski definition) is 2. The lowest BCUT2D eigenvalue weighted by atomic mass is 9.90. The van der Waals surface area contributed by atoms with E-state index in [2.05, 4.69) is 11.4 Å². The van der Waals surface area contributed by atoms with E-state index < -0.39 is 0 Å². The molecule has 0 amide bonds. The summed E-state index contributed by atoms with van der Waals surface area (Å²) in [6.07, 6.45) is 0. The molecule has 1 atom stereocenters. The van der Waals surface area contributed by atoms with Crippen LogP contribution >= 0.6 is 0 Å². The van der Waals surface area contributed by atoms with Gasteiger partial charge in [-0.05, 0) is 19.9 Å². The van der Waals surface area contributed by atoms with Gasteiger partial charge in [0.05, 0.1) is 6.07 Å². The Morgan fingerprint density at radius 1 is 1.56 bits per heavy atom. The Bertz CT molecular complexity index is 123. The molecule has 0 aliphatic carbocycles. The molecule has 0 rings (SSSR count). The van der Waals surface area contributed by atoms with Gasteiger partial charge in [0.25, 0.3) is 0 Å². The summed E-state index contributed by atoms with van der Waals surface area (Å²) in [5.74, 6) is 0.354. The Morgan fingerprint density at radius 3 is 2.00 bits per heavy atom. The van der Waals surface area contributed by atoms with Crippen LogP contribution in [-0.2, 0) is 0 Å². The number of nitriles is 1. The molecule has 52 valence electrons. The molecule has 0 heterocycles. The molecule has 0 bridgehead atoms. The Hall–Kier alpha value is -0.550. The summed E-state index contributed by atoms with van der Waals surface area (Å²) >= 11 is 0. The number of rotatable bonds is 2. The largest absolute Gasteiger partial charge is 0.302 e. The molecule has 0 radical (unpaired) electrons. The van der Waals surface area contributed by atoms with E-state index in [1.165, 1.54) is 0 Å². The summed E-state index contributed by atoms with van der Waals surface area (Å²) in [5.41, 5.74) is -0.361. The fourth-order valence-corrected chi connectivity index (χ4v) is 0.474.